The Morgan fingerprint density at radius 2 is 1.89 bits per heavy atom. The summed E-state index contributed by atoms with van der Waals surface area (Å²) in [6.45, 7) is 11.9. The lowest BCUT2D eigenvalue weighted by Gasteiger charge is -2.32. The second-order valence-electron chi connectivity index (χ2n) is 8.39. The van der Waals surface area contributed by atoms with E-state index in [9.17, 15) is 4.79 Å². The van der Waals surface area contributed by atoms with Crippen LogP contribution in [0.15, 0.2) is 18.2 Å². The fourth-order valence-corrected chi connectivity index (χ4v) is 3.34. The van der Waals surface area contributed by atoms with E-state index >= 15 is 0 Å². The van der Waals surface area contributed by atoms with Gasteiger partial charge in [0.15, 0.2) is 6.23 Å². The quantitative estimate of drug-likeness (QED) is 0.737. The maximum absolute atomic E-state index is 13.1. The van der Waals surface area contributed by atoms with Gasteiger partial charge in [0.05, 0.1) is 26.4 Å². The SMILES string of the molecule is COc1ccc(C2O[C@@H](C)[C@H](CC(C)C)N2C(=O)OC(C)(C)C)c(OC)c1. The van der Waals surface area contributed by atoms with Crippen molar-refractivity contribution in [1.29, 1.82) is 0 Å². The van der Waals surface area contributed by atoms with Crippen LogP contribution in [0.25, 0.3) is 0 Å². The van der Waals surface area contributed by atoms with Crippen LogP contribution in [0.5, 0.6) is 11.5 Å². The molecule has 0 bridgehead atoms. The molecule has 152 valence electrons. The summed E-state index contributed by atoms with van der Waals surface area (Å²) in [5.74, 6) is 1.72. The third-order valence-corrected chi connectivity index (χ3v) is 4.52. The largest absolute Gasteiger partial charge is 0.497 e. The van der Waals surface area contributed by atoms with Crippen LogP contribution in [-0.4, -0.2) is 43.0 Å². The van der Waals surface area contributed by atoms with E-state index in [2.05, 4.69) is 13.8 Å². The maximum Gasteiger partial charge on any atom is 0.412 e. The molecule has 0 N–H and O–H groups in total. The number of hydrogen-bond acceptors (Lipinski definition) is 5. The Morgan fingerprint density at radius 1 is 1.22 bits per heavy atom. The topological polar surface area (TPSA) is 57.2 Å². The average Bonchev–Trinajstić information content (AvgIpc) is 2.88. The lowest BCUT2D eigenvalue weighted by Crippen LogP contribution is -2.43. The van der Waals surface area contributed by atoms with Crippen molar-refractivity contribution in [2.24, 2.45) is 5.92 Å². The van der Waals surface area contributed by atoms with Gasteiger partial charge < -0.3 is 18.9 Å². The average molecular weight is 379 g/mol. The number of nitrogens with zero attached hydrogens (tertiary/aromatic N) is 1. The van der Waals surface area contributed by atoms with Crippen molar-refractivity contribution in [3.05, 3.63) is 23.8 Å². The van der Waals surface area contributed by atoms with E-state index in [4.69, 9.17) is 18.9 Å². The monoisotopic (exact) mass is 379 g/mol. The number of carbonyl (C=O) groups is 1. The molecule has 2 rings (SSSR count). The number of methoxy groups -OCH3 is 2. The lowest BCUT2D eigenvalue weighted by molar-refractivity contribution is -0.0224. The summed E-state index contributed by atoms with van der Waals surface area (Å²) in [6.07, 6.45) is -0.230. The van der Waals surface area contributed by atoms with Crippen LogP contribution in [0, 0.1) is 5.92 Å². The molecule has 1 heterocycles. The van der Waals surface area contributed by atoms with Crippen LogP contribution < -0.4 is 9.47 Å². The molecule has 0 saturated carbocycles. The van der Waals surface area contributed by atoms with Crippen LogP contribution in [0.1, 0.15) is 59.8 Å². The molecule has 1 aromatic rings. The number of amides is 1. The van der Waals surface area contributed by atoms with Crippen molar-refractivity contribution >= 4 is 6.09 Å². The van der Waals surface area contributed by atoms with Crippen LogP contribution >= 0.6 is 0 Å². The molecule has 0 aliphatic carbocycles. The Kier molecular flexibility index (Phi) is 6.63. The summed E-state index contributed by atoms with van der Waals surface area (Å²) >= 11 is 0. The minimum Gasteiger partial charge on any atom is -0.497 e. The molecule has 1 fully saturated rings. The number of benzene rings is 1. The molecule has 6 nitrogen and oxygen atoms in total. The molecule has 1 amide bonds. The minimum absolute atomic E-state index is 0.0725. The highest BCUT2D eigenvalue weighted by atomic mass is 16.6. The van der Waals surface area contributed by atoms with Gasteiger partial charge in [-0.05, 0) is 52.2 Å². The van der Waals surface area contributed by atoms with E-state index in [1.807, 2.05) is 39.8 Å². The number of hydrogen-bond donors (Lipinski definition) is 0. The van der Waals surface area contributed by atoms with Gasteiger partial charge in [0.2, 0.25) is 0 Å². The summed E-state index contributed by atoms with van der Waals surface area (Å²) in [7, 11) is 3.20. The van der Waals surface area contributed by atoms with Crippen LogP contribution in [0.4, 0.5) is 4.79 Å². The van der Waals surface area contributed by atoms with E-state index in [0.717, 1.165) is 12.0 Å². The first-order valence-electron chi connectivity index (χ1n) is 9.46. The normalized spacial score (nSPS) is 22.9. The van der Waals surface area contributed by atoms with Gasteiger partial charge in [-0.3, -0.25) is 4.90 Å². The van der Waals surface area contributed by atoms with E-state index < -0.39 is 11.8 Å². The first-order chi connectivity index (χ1) is 12.6. The highest BCUT2D eigenvalue weighted by molar-refractivity contribution is 5.70. The molecule has 0 radical (unpaired) electrons. The predicted octanol–water partition coefficient (Wildman–Crippen LogP) is 4.77. The zero-order valence-corrected chi connectivity index (χ0v) is 17.7. The molecule has 3 atom stereocenters. The van der Waals surface area contributed by atoms with Crippen molar-refractivity contribution < 1.29 is 23.7 Å². The predicted molar refractivity (Wildman–Crippen MR) is 104 cm³/mol. The Hall–Kier alpha value is -1.95. The van der Waals surface area contributed by atoms with Crippen molar-refractivity contribution in [2.75, 3.05) is 14.2 Å². The molecule has 1 aromatic carbocycles. The van der Waals surface area contributed by atoms with Crippen molar-refractivity contribution in [1.82, 2.24) is 4.90 Å². The van der Waals surface area contributed by atoms with Gasteiger partial charge in [-0.2, -0.15) is 0 Å². The molecule has 0 spiro atoms. The summed E-state index contributed by atoms with van der Waals surface area (Å²) in [4.78, 5) is 14.8. The molecule has 27 heavy (non-hydrogen) atoms. The van der Waals surface area contributed by atoms with Crippen LogP contribution in [-0.2, 0) is 9.47 Å². The highest BCUT2D eigenvalue weighted by Crippen LogP contribution is 2.42. The smallest absolute Gasteiger partial charge is 0.412 e. The molecule has 1 aliphatic heterocycles. The second-order valence-corrected chi connectivity index (χ2v) is 8.39. The van der Waals surface area contributed by atoms with Gasteiger partial charge in [-0.15, -0.1) is 0 Å². The van der Waals surface area contributed by atoms with Gasteiger partial charge in [0.1, 0.15) is 17.1 Å². The number of carbonyl (C=O) groups excluding carboxylic acids is 1. The summed E-state index contributed by atoms with van der Waals surface area (Å²) in [5.41, 5.74) is 0.196. The van der Waals surface area contributed by atoms with E-state index in [1.165, 1.54) is 0 Å². The maximum atomic E-state index is 13.1. The number of ether oxygens (including phenoxy) is 4. The van der Waals surface area contributed by atoms with Gasteiger partial charge >= 0.3 is 6.09 Å². The lowest BCUT2D eigenvalue weighted by atomic mass is 9.99. The van der Waals surface area contributed by atoms with Gasteiger partial charge in [0.25, 0.3) is 0 Å². The first-order valence-corrected chi connectivity index (χ1v) is 9.46. The molecular weight excluding hydrogens is 346 g/mol. The minimum atomic E-state index is -0.583. The van der Waals surface area contributed by atoms with Crippen molar-refractivity contribution in [3.8, 4) is 11.5 Å². The van der Waals surface area contributed by atoms with Crippen LogP contribution in [0.3, 0.4) is 0 Å². The standard InChI is InChI=1S/C21H33NO5/c1-13(2)11-17-14(3)26-19(22(17)20(23)27-21(4,5)6)16-10-9-15(24-7)12-18(16)25-8/h9-10,12-14,17,19H,11H2,1-8H3/t14-,17-,19?/m0/s1. The Labute approximate surface area is 162 Å². The molecule has 1 unspecified atom stereocenters. The molecule has 0 aromatic heterocycles. The van der Waals surface area contributed by atoms with E-state index in [0.29, 0.717) is 17.4 Å². The third kappa shape index (κ3) is 5.06. The fraction of sp³-hybridized carbons (Fsp3) is 0.667. The van der Waals surface area contributed by atoms with Gasteiger partial charge in [-0.1, -0.05) is 13.8 Å². The van der Waals surface area contributed by atoms with Gasteiger partial charge in [-0.25, -0.2) is 4.79 Å². The second kappa shape index (κ2) is 8.38. The Morgan fingerprint density at radius 3 is 2.41 bits per heavy atom. The van der Waals surface area contributed by atoms with Gasteiger partial charge in [0, 0.05) is 11.6 Å². The third-order valence-electron chi connectivity index (χ3n) is 4.52. The molecule has 6 heteroatoms. The highest BCUT2D eigenvalue weighted by Gasteiger charge is 2.46. The Balaban J connectivity index is 2.45. The first kappa shape index (κ1) is 21.4. The number of rotatable bonds is 5. The van der Waals surface area contributed by atoms with Crippen molar-refractivity contribution in [3.63, 3.8) is 0 Å². The fourth-order valence-electron chi connectivity index (χ4n) is 3.34. The van der Waals surface area contributed by atoms with E-state index in [1.54, 1.807) is 25.2 Å². The molecule has 1 aliphatic rings. The Bertz CT molecular complexity index is 652. The zero-order valence-electron chi connectivity index (χ0n) is 17.7. The molecule has 1 saturated heterocycles. The van der Waals surface area contributed by atoms with Crippen LogP contribution in [0.2, 0.25) is 0 Å². The summed E-state index contributed by atoms with van der Waals surface area (Å²) < 4.78 is 22.7. The zero-order chi connectivity index (χ0) is 20.4. The van der Waals surface area contributed by atoms with E-state index in [-0.39, 0.29) is 18.2 Å². The molecular formula is C21H33NO5. The summed E-state index contributed by atoms with van der Waals surface area (Å²) in [6, 6.07) is 5.45. The van der Waals surface area contributed by atoms with Crippen molar-refractivity contribution in [2.45, 2.75) is 71.9 Å². The summed E-state index contributed by atoms with van der Waals surface area (Å²) in [5, 5.41) is 0.